The van der Waals surface area contributed by atoms with E-state index in [1.54, 1.807) is 12.1 Å². The van der Waals surface area contributed by atoms with Gasteiger partial charge in [0.1, 0.15) is 5.82 Å². The molecule has 1 unspecified atom stereocenters. The summed E-state index contributed by atoms with van der Waals surface area (Å²) in [6, 6.07) is 15.3. The van der Waals surface area contributed by atoms with Crippen LogP contribution in [0.1, 0.15) is 44.2 Å². The van der Waals surface area contributed by atoms with E-state index in [-0.39, 0.29) is 11.9 Å². The first-order valence-electron chi connectivity index (χ1n) is 7.47. The number of halogens is 2. The molecule has 0 aliphatic heterocycles. The van der Waals surface area contributed by atoms with Crippen LogP contribution in [0.2, 0.25) is 0 Å². The Bertz CT molecular complexity index is 556. The Labute approximate surface area is 134 Å². The lowest BCUT2D eigenvalue weighted by Crippen LogP contribution is -2.11. The second-order valence-electron chi connectivity index (χ2n) is 5.23. The molecule has 112 valence electrons. The minimum atomic E-state index is -0.221. The fourth-order valence-electron chi connectivity index (χ4n) is 2.40. The maximum atomic E-state index is 13.4. The molecule has 0 aliphatic rings. The second kappa shape index (κ2) is 8.18. The van der Waals surface area contributed by atoms with Crippen LogP contribution in [0, 0.1) is 5.82 Å². The van der Waals surface area contributed by atoms with Gasteiger partial charge in [0.25, 0.3) is 0 Å². The molecule has 0 heterocycles. The third-order valence-electron chi connectivity index (χ3n) is 3.56. The van der Waals surface area contributed by atoms with E-state index in [9.17, 15) is 4.39 Å². The molecule has 1 N–H and O–H groups in total. The van der Waals surface area contributed by atoms with Crippen LogP contribution in [0.5, 0.6) is 0 Å². The molecule has 0 fully saturated rings. The van der Waals surface area contributed by atoms with Crippen molar-refractivity contribution in [2.24, 2.45) is 0 Å². The van der Waals surface area contributed by atoms with E-state index in [1.165, 1.54) is 24.5 Å². The maximum Gasteiger partial charge on any atom is 0.125 e. The van der Waals surface area contributed by atoms with E-state index in [1.807, 2.05) is 18.2 Å². The van der Waals surface area contributed by atoms with Crippen molar-refractivity contribution in [1.29, 1.82) is 0 Å². The highest BCUT2D eigenvalue weighted by Gasteiger charge is 2.12. The van der Waals surface area contributed by atoms with Gasteiger partial charge < -0.3 is 5.32 Å². The Morgan fingerprint density at radius 2 is 1.86 bits per heavy atom. The van der Waals surface area contributed by atoms with Crippen LogP contribution in [0.15, 0.2) is 53.0 Å². The van der Waals surface area contributed by atoms with Gasteiger partial charge in [0.2, 0.25) is 0 Å². The molecule has 1 atom stereocenters. The van der Waals surface area contributed by atoms with Crippen molar-refractivity contribution in [3.63, 3.8) is 0 Å². The van der Waals surface area contributed by atoms with Gasteiger partial charge in [0, 0.05) is 4.47 Å². The minimum Gasteiger partial charge on any atom is -0.377 e. The Hall–Kier alpha value is -1.35. The molecule has 2 aromatic rings. The molecular weight excluding hydrogens is 329 g/mol. The Kier molecular flexibility index (Phi) is 6.24. The third kappa shape index (κ3) is 4.85. The maximum absolute atomic E-state index is 13.4. The van der Waals surface area contributed by atoms with Gasteiger partial charge in [0.05, 0.1) is 11.7 Å². The Balaban J connectivity index is 2.17. The van der Waals surface area contributed by atoms with E-state index < -0.39 is 0 Å². The number of hydrogen-bond acceptors (Lipinski definition) is 1. The summed E-state index contributed by atoms with van der Waals surface area (Å²) >= 11 is 3.48. The van der Waals surface area contributed by atoms with Gasteiger partial charge in [-0.25, -0.2) is 4.39 Å². The summed E-state index contributed by atoms with van der Waals surface area (Å²) in [6.45, 7) is 2.20. The lowest BCUT2D eigenvalue weighted by molar-refractivity contribution is 0.603. The fourth-order valence-corrected chi connectivity index (χ4v) is 2.76. The van der Waals surface area contributed by atoms with Gasteiger partial charge in [-0.05, 0) is 46.1 Å². The molecule has 21 heavy (non-hydrogen) atoms. The number of hydrogen-bond donors (Lipinski definition) is 1. The summed E-state index contributed by atoms with van der Waals surface area (Å²) in [6.07, 6.45) is 4.62. The van der Waals surface area contributed by atoms with Crippen LogP contribution in [0.4, 0.5) is 10.1 Å². The Morgan fingerprint density at radius 3 is 2.57 bits per heavy atom. The van der Waals surface area contributed by atoms with Crippen molar-refractivity contribution in [3.8, 4) is 0 Å². The standard InChI is InChI=1S/C18H21BrFN/c1-2-3-5-10-17(14-8-6-4-7-9-14)21-18-13-15(20)11-12-16(18)19/h4,6-9,11-13,17,21H,2-3,5,10H2,1H3. The van der Waals surface area contributed by atoms with Crippen molar-refractivity contribution in [2.45, 2.75) is 38.6 Å². The first kappa shape index (κ1) is 16.0. The molecule has 0 saturated carbocycles. The Morgan fingerprint density at radius 1 is 1.10 bits per heavy atom. The first-order chi connectivity index (χ1) is 10.2. The molecule has 2 rings (SSSR count). The summed E-state index contributed by atoms with van der Waals surface area (Å²) in [5.41, 5.74) is 2.05. The van der Waals surface area contributed by atoms with E-state index in [4.69, 9.17) is 0 Å². The largest absolute Gasteiger partial charge is 0.377 e. The van der Waals surface area contributed by atoms with Crippen molar-refractivity contribution in [3.05, 3.63) is 64.4 Å². The predicted octanol–water partition coefficient (Wildman–Crippen LogP) is 6.32. The quantitative estimate of drug-likeness (QED) is 0.576. The molecule has 0 bridgehead atoms. The van der Waals surface area contributed by atoms with Gasteiger partial charge in [0.15, 0.2) is 0 Å². The van der Waals surface area contributed by atoms with Gasteiger partial charge in [-0.15, -0.1) is 0 Å². The molecule has 0 amide bonds. The zero-order valence-electron chi connectivity index (χ0n) is 12.3. The molecular formula is C18H21BrFN. The van der Waals surface area contributed by atoms with Crippen LogP contribution in [0.25, 0.3) is 0 Å². The fraction of sp³-hybridized carbons (Fsp3) is 0.333. The zero-order chi connectivity index (χ0) is 15.1. The molecule has 2 aromatic carbocycles. The van der Waals surface area contributed by atoms with Crippen LogP contribution in [-0.2, 0) is 0 Å². The normalized spacial score (nSPS) is 12.1. The molecule has 0 aliphatic carbocycles. The highest BCUT2D eigenvalue weighted by atomic mass is 79.9. The van der Waals surface area contributed by atoms with E-state index in [0.717, 1.165) is 23.0 Å². The summed E-state index contributed by atoms with van der Waals surface area (Å²) in [4.78, 5) is 0. The molecule has 3 heteroatoms. The minimum absolute atomic E-state index is 0.204. The number of nitrogens with one attached hydrogen (secondary N) is 1. The van der Waals surface area contributed by atoms with Crippen LogP contribution in [0.3, 0.4) is 0 Å². The molecule has 0 saturated heterocycles. The second-order valence-corrected chi connectivity index (χ2v) is 6.08. The van der Waals surface area contributed by atoms with E-state index in [0.29, 0.717) is 0 Å². The average molecular weight is 350 g/mol. The van der Waals surface area contributed by atoms with E-state index >= 15 is 0 Å². The van der Waals surface area contributed by atoms with Crippen molar-refractivity contribution >= 4 is 21.6 Å². The van der Waals surface area contributed by atoms with Gasteiger partial charge in [-0.3, -0.25) is 0 Å². The van der Waals surface area contributed by atoms with Crippen LogP contribution < -0.4 is 5.32 Å². The van der Waals surface area contributed by atoms with Crippen LogP contribution >= 0.6 is 15.9 Å². The summed E-state index contributed by atoms with van der Waals surface area (Å²) < 4.78 is 14.3. The van der Waals surface area contributed by atoms with Crippen LogP contribution in [-0.4, -0.2) is 0 Å². The van der Waals surface area contributed by atoms with E-state index in [2.05, 4.69) is 40.3 Å². The lowest BCUT2D eigenvalue weighted by atomic mass is 10.00. The SMILES string of the molecule is CCCCCC(Nc1cc(F)ccc1Br)c1ccccc1. The molecule has 1 nitrogen and oxygen atoms in total. The van der Waals surface area contributed by atoms with Gasteiger partial charge in [-0.1, -0.05) is 56.5 Å². The molecule has 0 spiro atoms. The first-order valence-corrected chi connectivity index (χ1v) is 8.26. The van der Waals surface area contributed by atoms with Crippen molar-refractivity contribution < 1.29 is 4.39 Å². The smallest absolute Gasteiger partial charge is 0.125 e. The average Bonchev–Trinajstić information content (AvgIpc) is 2.51. The lowest BCUT2D eigenvalue weighted by Gasteiger charge is -2.21. The zero-order valence-corrected chi connectivity index (χ0v) is 13.9. The molecule has 0 radical (unpaired) electrons. The van der Waals surface area contributed by atoms with Gasteiger partial charge >= 0.3 is 0 Å². The van der Waals surface area contributed by atoms with Crippen molar-refractivity contribution in [2.75, 3.05) is 5.32 Å². The number of benzene rings is 2. The monoisotopic (exact) mass is 349 g/mol. The highest BCUT2D eigenvalue weighted by molar-refractivity contribution is 9.10. The number of rotatable bonds is 7. The predicted molar refractivity (Wildman–Crippen MR) is 91.0 cm³/mol. The molecule has 0 aromatic heterocycles. The number of unbranched alkanes of at least 4 members (excludes halogenated alkanes) is 2. The summed E-state index contributed by atoms with van der Waals surface area (Å²) in [7, 11) is 0. The van der Waals surface area contributed by atoms with Gasteiger partial charge in [-0.2, -0.15) is 0 Å². The third-order valence-corrected chi connectivity index (χ3v) is 4.25. The summed E-state index contributed by atoms with van der Waals surface area (Å²) in [5.74, 6) is -0.221. The topological polar surface area (TPSA) is 12.0 Å². The number of anilines is 1. The highest BCUT2D eigenvalue weighted by Crippen LogP contribution is 2.30. The van der Waals surface area contributed by atoms with Crippen molar-refractivity contribution in [1.82, 2.24) is 0 Å². The summed E-state index contributed by atoms with van der Waals surface area (Å²) in [5, 5.41) is 3.48.